The van der Waals surface area contributed by atoms with Gasteiger partial charge in [-0.2, -0.15) is 0 Å². The zero-order valence-electron chi connectivity index (χ0n) is 14.3. The van der Waals surface area contributed by atoms with Crippen molar-refractivity contribution in [2.24, 2.45) is 0 Å². The number of rotatable bonds is 5. The highest BCUT2D eigenvalue weighted by Gasteiger charge is 2.15. The maximum atomic E-state index is 11.6. The predicted octanol–water partition coefficient (Wildman–Crippen LogP) is 4.41. The van der Waals surface area contributed by atoms with Gasteiger partial charge in [-0.25, -0.2) is 4.79 Å². The highest BCUT2D eigenvalue weighted by atomic mass is 16.6. The van der Waals surface area contributed by atoms with Crippen LogP contribution in [-0.4, -0.2) is 16.6 Å². The number of amides is 1. The van der Waals surface area contributed by atoms with E-state index in [0.29, 0.717) is 18.0 Å². The molecule has 0 aliphatic carbocycles. The van der Waals surface area contributed by atoms with Crippen LogP contribution in [0.25, 0.3) is 0 Å². The average Bonchev–Trinajstić information content (AvgIpc) is 2.53. The van der Waals surface area contributed by atoms with Gasteiger partial charge in [0.2, 0.25) is 0 Å². The molecule has 132 valence electrons. The standard InChI is InChI=1S/C18H20N2O5/c1-18(2,3)25-17(21)19-12-13-4-8-15(9-5-13)24-16-10-6-14(7-11-16)20(22)23/h4-11H,12H2,1-3H3,(H,19,21). The second-order valence-corrected chi connectivity index (χ2v) is 6.35. The van der Waals surface area contributed by atoms with E-state index in [9.17, 15) is 14.9 Å². The summed E-state index contributed by atoms with van der Waals surface area (Å²) in [4.78, 5) is 21.8. The van der Waals surface area contributed by atoms with Gasteiger partial charge in [0.05, 0.1) is 4.92 Å². The molecule has 0 fully saturated rings. The van der Waals surface area contributed by atoms with Gasteiger partial charge in [-0.05, 0) is 50.6 Å². The Labute approximate surface area is 145 Å². The van der Waals surface area contributed by atoms with Crippen LogP contribution in [0.1, 0.15) is 26.3 Å². The third-order valence-electron chi connectivity index (χ3n) is 3.04. The molecule has 0 spiro atoms. The normalized spacial score (nSPS) is 10.8. The summed E-state index contributed by atoms with van der Waals surface area (Å²) in [5, 5.41) is 13.3. The minimum Gasteiger partial charge on any atom is -0.457 e. The van der Waals surface area contributed by atoms with Crippen molar-refractivity contribution >= 4 is 11.8 Å². The number of alkyl carbamates (subject to hydrolysis) is 1. The zero-order valence-corrected chi connectivity index (χ0v) is 14.3. The van der Waals surface area contributed by atoms with Gasteiger partial charge in [0.1, 0.15) is 17.1 Å². The minimum absolute atomic E-state index is 0.0101. The van der Waals surface area contributed by atoms with Crippen molar-refractivity contribution in [1.29, 1.82) is 0 Å². The Morgan fingerprint density at radius 2 is 1.56 bits per heavy atom. The Hall–Kier alpha value is -3.09. The molecular formula is C18H20N2O5. The third kappa shape index (κ3) is 6.14. The average molecular weight is 344 g/mol. The van der Waals surface area contributed by atoms with Crippen molar-refractivity contribution < 1.29 is 19.2 Å². The molecule has 0 aliphatic heterocycles. The number of hydrogen-bond donors (Lipinski definition) is 1. The molecule has 25 heavy (non-hydrogen) atoms. The molecule has 2 aromatic rings. The first-order valence-corrected chi connectivity index (χ1v) is 7.71. The molecule has 1 amide bonds. The van der Waals surface area contributed by atoms with Gasteiger partial charge in [0, 0.05) is 18.7 Å². The number of nitro benzene ring substituents is 1. The van der Waals surface area contributed by atoms with E-state index in [1.165, 1.54) is 24.3 Å². The van der Waals surface area contributed by atoms with Crippen LogP contribution in [0.2, 0.25) is 0 Å². The van der Waals surface area contributed by atoms with Gasteiger partial charge in [0.25, 0.3) is 5.69 Å². The van der Waals surface area contributed by atoms with E-state index < -0.39 is 16.6 Å². The second-order valence-electron chi connectivity index (χ2n) is 6.35. The summed E-state index contributed by atoms with van der Waals surface area (Å²) < 4.78 is 10.8. The fraction of sp³-hybridized carbons (Fsp3) is 0.278. The minimum atomic E-state index is -0.535. The third-order valence-corrected chi connectivity index (χ3v) is 3.04. The van der Waals surface area contributed by atoms with Crippen molar-refractivity contribution in [2.75, 3.05) is 0 Å². The van der Waals surface area contributed by atoms with Gasteiger partial charge < -0.3 is 14.8 Å². The zero-order chi connectivity index (χ0) is 18.4. The number of nitrogens with zero attached hydrogens (tertiary/aromatic N) is 1. The highest BCUT2D eigenvalue weighted by molar-refractivity contribution is 5.67. The van der Waals surface area contributed by atoms with Crippen molar-refractivity contribution in [1.82, 2.24) is 5.32 Å². The molecule has 0 unspecified atom stereocenters. The molecule has 7 heteroatoms. The molecule has 1 N–H and O–H groups in total. The smallest absolute Gasteiger partial charge is 0.407 e. The molecule has 0 aliphatic rings. The van der Waals surface area contributed by atoms with E-state index in [1.54, 1.807) is 32.9 Å². The van der Waals surface area contributed by atoms with Crippen LogP contribution < -0.4 is 10.1 Å². The molecule has 0 radical (unpaired) electrons. The van der Waals surface area contributed by atoms with Crippen LogP contribution in [0.3, 0.4) is 0 Å². The van der Waals surface area contributed by atoms with Crippen LogP contribution >= 0.6 is 0 Å². The van der Waals surface area contributed by atoms with Crippen molar-refractivity contribution in [3.63, 3.8) is 0 Å². The molecule has 0 bridgehead atoms. The number of hydrogen-bond acceptors (Lipinski definition) is 5. The molecule has 2 rings (SSSR count). The van der Waals surface area contributed by atoms with Crippen LogP contribution in [0, 0.1) is 10.1 Å². The fourth-order valence-corrected chi connectivity index (χ4v) is 1.94. The molecule has 0 saturated heterocycles. The van der Waals surface area contributed by atoms with E-state index in [4.69, 9.17) is 9.47 Å². The highest BCUT2D eigenvalue weighted by Crippen LogP contribution is 2.24. The van der Waals surface area contributed by atoms with E-state index in [2.05, 4.69) is 5.32 Å². The number of ether oxygens (including phenoxy) is 2. The van der Waals surface area contributed by atoms with E-state index in [1.807, 2.05) is 12.1 Å². The Balaban J connectivity index is 1.89. The SMILES string of the molecule is CC(C)(C)OC(=O)NCc1ccc(Oc2ccc([N+](=O)[O-])cc2)cc1. The second kappa shape index (κ2) is 7.65. The summed E-state index contributed by atoms with van der Waals surface area (Å²) in [6, 6.07) is 13.0. The number of non-ortho nitro benzene ring substituents is 1. The van der Waals surface area contributed by atoms with Gasteiger partial charge in [-0.3, -0.25) is 10.1 Å². The van der Waals surface area contributed by atoms with E-state index in [0.717, 1.165) is 5.56 Å². The Kier molecular flexibility index (Phi) is 5.59. The molecule has 7 nitrogen and oxygen atoms in total. The lowest BCUT2D eigenvalue weighted by Gasteiger charge is -2.19. The first kappa shape index (κ1) is 18.3. The largest absolute Gasteiger partial charge is 0.457 e. The summed E-state index contributed by atoms with van der Waals surface area (Å²) in [6.07, 6.45) is -0.473. The fourth-order valence-electron chi connectivity index (χ4n) is 1.94. The van der Waals surface area contributed by atoms with Gasteiger partial charge >= 0.3 is 6.09 Å². The first-order chi connectivity index (χ1) is 11.7. The maximum Gasteiger partial charge on any atom is 0.407 e. The summed E-state index contributed by atoms with van der Waals surface area (Å²) >= 11 is 0. The number of benzene rings is 2. The molecule has 0 atom stereocenters. The van der Waals surface area contributed by atoms with E-state index in [-0.39, 0.29) is 5.69 Å². The quantitative estimate of drug-likeness (QED) is 0.641. The van der Waals surface area contributed by atoms with Crippen molar-refractivity contribution in [2.45, 2.75) is 32.9 Å². The van der Waals surface area contributed by atoms with Gasteiger partial charge in [-0.1, -0.05) is 12.1 Å². The lowest BCUT2D eigenvalue weighted by Crippen LogP contribution is -2.32. The van der Waals surface area contributed by atoms with E-state index >= 15 is 0 Å². The van der Waals surface area contributed by atoms with Gasteiger partial charge in [-0.15, -0.1) is 0 Å². The van der Waals surface area contributed by atoms with Gasteiger partial charge in [0.15, 0.2) is 0 Å². The maximum absolute atomic E-state index is 11.6. The first-order valence-electron chi connectivity index (χ1n) is 7.71. The van der Waals surface area contributed by atoms with Crippen molar-refractivity contribution in [3.8, 4) is 11.5 Å². The summed E-state index contributed by atoms with van der Waals surface area (Å²) in [6.45, 7) is 5.75. The number of carbonyl (C=O) groups excluding carboxylic acids is 1. The number of carbonyl (C=O) groups is 1. The van der Waals surface area contributed by atoms with Crippen LogP contribution in [0.4, 0.5) is 10.5 Å². The molecular weight excluding hydrogens is 324 g/mol. The monoisotopic (exact) mass is 344 g/mol. The molecule has 2 aromatic carbocycles. The summed E-state index contributed by atoms with van der Waals surface area (Å²) in [7, 11) is 0. The molecule has 0 aromatic heterocycles. The Morgan fingerprint density at radius 3 is 2.04 bits per heavy atom. The lowest BCUT2D eigenvalue weighted by atomic mass is 10.2. The summed E-state index contributed by atoms with van der Waals surface area (Å²) in [5.41, 5.74) is 0.366. The topological polar surface area (TPSA) is 90.7 Å². The van der Waals surface area contributed by atoms with Crippen LogP contribution in [-0.2, 0) is 11.3 Å². The lowest BCUT2D eigenvalue weighted by molar-refractivity contribution is -0.384. The van der Waals surface area contributed by atoms with Crippen molar-refractivity contribution in [3.05, 3.63) is 64.2 Å². The Morgan fingerprint density at radius 1 is 1.04 bits per heavy atom. The Bertz CT molecular complexity index is 734. The number of nitrogens with one attached hydrogen (secondary N) is 1. The predicted molar refractivity (Wildman–Crippen MR) is 92.7 cm³/mol. The molecule has 0 heterocycles. The summed E-state index contributed by atoms with van der Waals surface area (Å²) in [5.74, 6) is 1.10. The van der Waals surface area contributed by atoms with Crippen LogP contribution in [0.15, 0.2) is 48.5 Å². The number of nitro groups is 1. The van der Waals surface area contributed by atoms with Crippen LogP contribution in [0.5, 0.6) is 11.5 Å². The molecule has 0 saturated carbocycles.